The molecule has 0 aliphatic carbocycles. The van der Waals surface area contributed by atoms with E-state index in [0.29, 0.717) is 18.1 Å². The quantitative estimate of drug-likeness (QED) is 0.600. The number of carbonyl (C=O) groups excluding carboxylic acids is 1. The van der Waals surface area contributed by atoms with E-state index >= 15 is 0 Å². The number of hydrogen-bond acceptors (Lipinski definition) is 4. The van der Waals surface area contributed by atoms with Crippen LogP contribution in [0.1, 0.15) is 27.8 Å². The molecule has 28 heavy (non-hydrogen) atoms. The summed E-state index contributed by atoms with van der Waals surface area (Å²) in [6, 6.07) is 23.1. The summed E-state index contributed by atoms with van der Waals surface area (Å²) in [7, 11) is 0. The topological polar surface area (TPSA) is 72.7 Å². The Balaban J connectivity index is 1.57. The predicted octanol–water partition coefficient (Wildman–Crippen LogP) is 3.36. The third-order valence-corrected chi connectivity index (χ3v) is 4.85. The van der Waals surface area contributed by atoms with E-state index in [1.165, 1.54) is 0 Å². The number of pyridine rings is 1. The molecule has 0 bridgehead atoms. The highest BCUT2D eigenvalue weighted by Gasteiger charge is 2.30. The van der Waals surface area contributed by atoms with Gasteiger partial charge in [0.2, 0.25) is 0 Å². The molecule has 1 N–H and O–H groups in total. The van der Waals surface area contributed by atoms with Crippen LogP contribution in [0.25, 0.3) is 17.2 Å². The van der Waals surface area contributed by atoms with Gasteiger partial charge in [0, 0.05) is 23.7 Å². The normalized spacial score (nSPS) is 15.3. The lowest BCUT2D eigenvalue weighted by molar-refractivity contribution is 0.0956. The van der Waals surface area contributed by atoms with Crippen molar-refractivity contribution in [2.45, 2.75) is 12.5 Å². The number of nitrogens with zero attached hydrogens (tertiary/aromatic N) is 4. The lowest BCUT2D eigenvalue weighted by Gasteiger charge is -2.11. The van der Waals surface area contributed by atoms with Gasteiger partial charge >= 0.3 is 0 Å². The van der Waals surface area contributed by atoms with Crippen LogP contribution in [0.15, 0.2) is 79.0 Å². The minimum Gasteiger partial charge on any atom is -0.345 e. The highest BCUT2D eigenvalue weighted by molar-refractivity contribution is 5.99. The molecule has 1 atom stereocenters. The Bertz CT molecular complexity index is 1140. The van der Waals surface area contributed by atoms with Gasteiger partial charge in [0.05, 0.1) is 6.04 Å². The highest BCUT2D eigenvalue weighted by Crippen LogP contribution is 2.28. The number of hydrogen-bond donors (Lipinski definition) is 1. The molecule has 6 heteroatoms. The first-order valence-electron chi connectivity index (χ1n) is 9.12. The molecular formula is C22H17N5O. The van der Waals surface area contributed by atoms with Crippen LogP contribution in [0.4, 0.5) is 0 Å². The van der Waals surface area contributed by atoms with E-state index in [9.17, 15) is 4.79 Å². The lowest BCUT2D eigenvalue weighted by atomic mass is 10.0. The molecule has 1 aliphatic heterocycles. The Hall–Kier alpha value is -3.80. The van der Waals surface area contributed by atoms with Gasteiger partial charge in [-0.3, -0.25) is 4.79 Å². The zero-order chi connectivity index (χ0) is 18.9. The van der Waals surface area contributed by atoms with Crippen LogP contribution in [0.5, 0.6) is 0 Å². The van der Waals surface area contributed by atoms with Gasteiger partial charge in [-0.05, 0) is 23.8 Å². The van der Waals surface area contributed by atoms with Crippen LogP contribution < -0.4 is 5.32 Å². The van der Waals surface area contributed by atoms with Crippen molar-refractivity contribution in [1.29, 1.82) is 0 Å². The van der Waals surface area contributed by atoms with Crippen molar-refractivity contribution in [2.24, 2.45) is 0 Å². The number of amides is 1. The van der Waals surface area contributed by atoms with Crippen molar-refractivity contribution in [3.05, 3.63) is 95.9 Å². The first-order valence-corrected chi connectivity index (χ1v) is 9.12. The molecule has 6 nitrogen and oxygen atoms in total. The number of fused-ring (bicyclic) bond motifs is 1. The fourth-order valence-corrected chi connectivity index (χ4v) is 3.51. The molecule has 0 unspecified atom stereocenters. The molecule has 136 valence electrons. The summed E-state index contributed by atoms with van der Waals surface area (Å²) in [5.41, 5.74) is 2.65. The van der Waals surface area contributed by atoms with Crippen LogP contribution in [0.3, 0.4) is 0 Å². The SMILES string of the molecule is O=C1N[C@H](Cc2nc(-c3ccccc3)nn2-c2ccccn2)c2ccccc21. The van der Waals surface area contributed by atoms with Crippen molar-refractivity contribution < 1.29 is 4.79 Å². The van der Waals surface area contributed by atoms with E-state index < -0.39 is 0 Å². The molecule has 0 fully saturated rings. The number of rotatable bonds is 4. The highest BCUT2D eigenvalue weighted by atomic mass is 16.2. The maximum atomic E-state index is 12.3. The number of nitrogens with one attached hydrogen (secondary N) is 1. The summed E-state index contributed by atoms with van der Waals surface area (Å²) >= 11 is 0. The van der Waals surface area contributed by atoms with Gasteiger partial charge in [0.15, 0.2) is 11.6 Å². The summed E-state index contributed by atoms with van der Waals surface area (Å²) in [6.07, 6.45) is 2.26. The molecule has 1 aliphatic rings. The molecule has 0 saturated carbocycles. The summed E-state index contributed by atoms with van der Waals surface area (Å²) in [5, 5.41) is 7.75. The molecule has 0 spiro atoms. The summed E-state index contributed by atoms with van der Waals surface area (Å²) in [5.74, 6) is 2.04. The number of benzene rings is 2. The van der Waals surface area contributed by atoms with Crippen LogP contribution in [0, 0.1) is 0 Å². The van der Waals surface area contributed by atoms with Gasteiger partial charge < -0.3 is 5.32 Å². The van der Waals surface area contributed by atoms with E-state index in [0.717, 1.165) is 22.5 Å². The molecule has 4 aromatic rings. The average molecular weight is 367 g/mol. The van der Waals surface area contributed by atoms with Gasteiger partial charge in [-0.25, -0.2) is 9.97 Å². The van der Waals surface area contributed by atoms with Crippen molar-refractivity contribution in [3.63, 3.8) is 0 Å². The van der Waals surface area contributed by atoms with E-state index in [4.69, 9.17) is 10.1 Å². The van der Waals surface area contributed by atoms with Crippen LogP contribution in [-0.2, 0) is 6.42 Å². The largest absolute Gasteiger partial charge is 0.345 e. The standard InChI is InChI=1S/C22H17N5O/c28-22-17-11-5-4-10-16(17)18(24-22)14-20-25-21(15-8-2-1-3-9-15)26-27(20)19-12-6-7-13-23-19/h1-13,18H,14H2,(H,24,28)/t18-/m1/s1. The molecule has 0 radical (unpaired) electrons. The molecule has 0 saturated heterocycles. The third-order valence-electron chi connectivity index (χ3n) is 4.85. The van der Waals surface area contributed by atoms with E-state index in [2.05, 4.69) is 10.3 Å². The molecule has 3 heterocycles. The van der Waals surface area contributed by atoms with E-state index in [1.54, 1.807) is 10.9 Å². The van der Waals surface area contributed by atoms with Gasteiger partial charge in [-0.2, -0.15) is 4.68 Å². The zero-order valence-electron chi connectivity index (χ0n) is 15.0. The van der Waals surface area contributed by atoms with Gasteiger partial charge in [0.25, 0.3) is 5.91 Å². The Morgan fingerprint density at radius 2 is 1.71 bits per heavy atom. The van der Waals surface area contributed by atoms with E-state index in [1.807, 2.05) is 72.8 Å². The van der Waals surface area contributed by atoms with Crippen molar-refractivity contribution >= 4 is 5.91 Å². The minimum atomic E-state index is -0.140. The number of carbonyl (C=O) groups is 1. The van der Waals surface area contributed by atoms with Crippen LogP contribution in [0.2, 0.25) is 0 Å². The van der Waals surface area contributed by atoms with Crippen molar-refractivity contribution in [1.82, 2.24) is 25.1 Å². The lowest BCUT2D eigenvalue weighted by Crippen LogP contribution is -2.22. The second-order valence-electron chi connectivity index (χ2n) is 6.63. The predicted molar refractivity (Wildman–Crippen MR) is 105 cm³/mol. The Morgan fingerprint density at radius 3 is 2.54 bits per heavy atom. The minimum absolute atomic E-state index is 0.0483. The molecule has 5 rings (SSSR count). The monoisotopic (exact) mass is 367 g/mol. The average Bonchev–Trinajstić information content (AvgIpc) is 3.31. The second kappa shape index (κ2) is 6.74. The fourth-order valence-electron chi connectivity index (χ4n) is 3.51. The van der Waals surface area contributed by atoms with Crippen LogP contribution >= 0.6 is 0 Å². The van der Waals surface area contributed by atoms with E-state index in [-0.39, 0.29) is 11.9 Å². The third kappa shape index (κ3) is 2.85. The maximum absolute atomic E-state index is 12.3. The fraction of sp³-hybridized carbons (Fsp3) is 0.0909. The molecular weight excluding hydrogens is 350 g/mol. The van der Waals surface area contributed by atoms with Crippen molar-refractivity contribution in [2.75, 3.05) is 0 Å². The van der Waals surface area contributed by atoms with Gasteiger partial charge in [-0.15, -0.1) is 5.10 Å². The molecule has 1 amide bonds. The Morgan fingerprint density at radius 1 is 0.929 bits per heavy atom. The smallest absolute Gasteiger partial charge is 0.252 e. The number of aromatic nitrogens is 4. The molecule has 2 aromatic carbocycles. The first-order chi connectivity index (χ1) is 13.8. The first kappa shape index (κ1) is 16.4. The summed E-state index contributed by atoms with van der Waals surface area (Å²) < 4.78 is 1.76. The summed E-state index contributed by atoms with van der Waals surface area (Å²) in [6.45, 7) is 0. The molecule has 2 aromatic heterocycles. The Kier molecular flexibility index (Phi) is 3.94. The Labute approximate surface area is 161 Å². The van der Waals surface area contributed by atoms with Crippen LogP contribution in [-0.4, -0.2) is 25.7 Å². The summed E-state index contributed by atoms with van der Waals surface area (Å²) in [4.78, 5) is 21.5. The maximum Gasteiger partial charge on any atom is 0.252 e. The van der Waals surface area contributed by atoms with Gasteiger partial charge in [0.1, 0.15) is 5.82 Å². The zero-order valence-corrected chi connectivity index (χ0v) is 15.0. The second-order valence-corrected chi connectivity index (χ2v) is 6.63. The van der Waals surface area contributed by atoms with Gasteiger partial charge in [-0.1, -0.05) is 54.6 Å². The van der Waals surface area contributed by atoms with Crippen molar-refractivity contribution in [3.8, 4) is 17.2 Å².